The molecule has 0 aliphatic heterocycles. The van der Waals surface area contributed by atoms with Gasteiger partial charge in [0.1, 0.15) is 5.82 Å². The average Bonchev–Trinajstić information content (AvgIpc) is 2.26. The van der Waals surface area contributed by atoms with Gasteiger partial charge in [0.25, 0.3) is 0 Å². The van der Waals surface area contributed by atoms with E-state index in [4.69, 9.17) is 5.11 Å². The van der Waals surface area contributed by atoms with Crippen LogP contribution in [0.4, 0.5) is 5.82 Å². The second-order valence-corrected chi connectivity index (χ2v) is 3.07. The highest BCUT2D eigenvalue weighted by Crippen LogP contribution is 2.15. The van der Waals surface area contributed by atoms with Crippen LogP contribution in [0.25, 0.3) is 10.8 Å². The molecule has 0 amide bonds. The van der Waals surface area contributed by atoms with E-state index in [-0.39, 0.29) is 6.61 Å². The largest absolute Gasteiger partial charge is 0.395 e. The number of rotatable bonds is 3. The van der Waals surface area contributed by atoms with Crippen molar-refractivity contribution in [3.63, 3.8) is 0 Å². The number of aliphatic hydroxyl groups excluding tert-OH is 1. The van der Waals surface area contributed by atoms with Crippen LogP contribution in [0.2, 0.25) is 0 Å². The van der Waals surface area contributed by atoms with Crippen LogP contribution in [0, 0.1) is 0 Å². The van der Waals surface area contributed by atoms with Crippen molar-refractivity contribution in [2.45, 2.75) is 0 Å². The van der Waals surface area contributed by atoms with Gasteiger partial charge in [0.05, 0.1) is 6.61 Å². The molecule has 0 atom stereocenters. The molecule has 0 radical (unpaired) electrons. The molecule has 2 N–H and O–H groups in total. The molecule has 0 saturated heterocycles. The Kier molecular flexibility index (Phi) is 2.60. The topological polar surface area (TPSA) is 45.1 Å². The maximum absolute atomic E-state index is 8.65. The number of nitrogens with one attached hydrogen (secondary N) is 1. The number of aromatic nitrogens is 1. The fourth-order valence-electron chi connectivity index (χ4n) is 1.36. The molecule has 1 aromatic heterocycles. The number of pyridine rings is 1. The van der Waals surface area contributed by atoms with Gasteiger partial charge in [0, 0.05) is 18.1 Å². The van der Waals surface area contributed by atoms with Crippen molar-refractivity contribution in [2.24, 2.45) is 0 Å². The van der Waals surface area contributed by atoms with Crippen LogP contribution in [-0.2, 0) is 0 Å². The van der Waals surface area contributed by atoms with Gasteiger partial charge in [-0.1, -0.05) is 24.3 Å². The van der Waals surface area contributed by atoms with Crippen molar-refractivity contribution in [1.82, 2.24) is 4.98 Å². The zero-order valence-corrected chi connectivity index (χ0v) is 7.77. The van der Waals surface area contributed by atoms with Crippen LogP contribution in [0.3, 0.4) is 0 Å². The Labute approximate surface area is 82.4 Å². The lowest BCUT2D eigenvalue weighted by molar-refractivity contribution is 0.311. The maximum Gasteiger partial charge on any atom is 0.126 e. The standard InChI is InChI=1S/C11H12N2O/c14-6-5-12-11-7-9-3-1-2-4-10(9)8-13-11/h1-4,7-8,14H,5-6H2,(H,12,13). The van der Waals surface area contributed by atoms with E-state index >= 15 is 0 Å². The normalized spacial score (nSPS) is 10.4. The summed E-state index contributed by atoms with van der Waals surface area (Å²) in [5.74, 6) is 0.803. The zero-order valence-electron chi connectivity index (χ0n) is 7.77. The van der Waals surface area contributed by atoms with Gasteiger partial charge in [-0.05, 0) is 11.5 Å². The summed E-state index contributed by atoms with van der Waals surface area (Å²) in [5, 5.41) is 14.0. The van der Waals surface area contributed by atoms with Crippen LogP contribution < -0.4 is 5.32 Å². The van der Waals surface area contributed by atoms with Gasteiger partial charge in [-0.2, -0.15) is 0 Å². The van der Waals surface area contributed by atoms with E-state index in [0.29, 0.717) is 6.54 Å². The molecule has 2 aromatic rings. The lowest BCUT2D eigenvalue weighted by Crippen LogP contribution is -2.06. The SMILES string of the molecule is OCCNc1cc2ccccc2cn1. The number of anilines is 1. The second kappa shape index (κ2) is 4.07. The Bertz CT molecular complexity index is 428. The van der Waals surface area contributed by atoms with Crippen LogP contribution in [0.15, 0.2) is 36.5 Å². The molecule has 0 unspecified atom stereocenters. The molecule has 0 saturated carbocycles. The third kappa shape index (κ3) is 1.83. The summed E-state index contributed by atoms with van der Waals surface area (Å²) >= 11 is 0. The van der Waals surface area contributed by atoms with E-state index in [9.17, 15) is 0 Å². The molecular formula is C11H12N2O. The summed E-state index contributed by atoms with van der Waals surface area (Å²) in [4.78, 5) is 4.22. The van der Waals surface area contributed by atoms with Crippen LogP contribution >= 0.6 is 0 Å². The molecule has 1 aromatic carbocycles. The van der Waals surface area contributed by atoms with Gasteiger partial charge in [-0.15, -0.1) is 0 Å². The summed E-state index contributed by atoms with van der Waals surface area (Å²) in [6.07, 6.45) is 1.83. The predicted octanol–water partition coefficient (Wildman–Crippen LogP) is 1.64. The Balaban J connectivity index is 2.32. The molecule has 14 heavy (non-hydrogen) atoms. The monoisotopic (exact) mass is 188 g/mol. The third-order valence-corrected chi connectivity index (χ3v) is 2.05. The van der Waals surface area contributed by atoms with Crippen molar-refractivity contribution in [1.29, 1.82) is 0 Å². The summed E-state index contributed by atoms with van der Waals surface area (Å²) in [6, 6.07) is 10.0. The highest BCUT2D eigenvalue weighted by molar-refractivity contribution is 5.83. The smallest absolute Gasteiger partial charge is 0.126 e. The van der Waals surface area contributed by atoms with Crippen LogP contribution in [-0.4, -0.2) is 23.2 Å². The molecule has 0 aliphatic carbocycles. The quantitative estimate of drug-likeness (QED) is 0.769. The van der Waals surface area contributed by atoms with E-state index in [1.807, 2.05) is 36.5 Å². The molecule has 1 heterocycles. The van der Waals surface area contributed by atoms with Gasteiger partial charge in [0.15, 0.2) is 0 Å². The Morgan fingerprint density at radius 2 is 2.00 bits per heavy atom. The molecule has 0 aliphatic rings. The zero-order chi connectivity index (χ0) is 9.80. The van der Waals surface area contributed by atoms with Gasteiger partial charge < -0.3 is 10.4 Å². The highest BCUT2D eigenvalue weighted by atomic mass is 16.3. The summed E-state index contributed by atoms with van der Waals surface area (Å²) in [6.45, 7) is 0.653. The van der Waals surface area contributed by atoms with Crippen molar-refractivity contribution < 1.29 is 5.11 Å². The van der Waals surface area contributed by atoms with Crippen LogP contribution in [0.1, 0.15) is 0 Å². The molecule has 0 fully saturated rings. The molecule has 3 heteroatoms. The van der Waals surface area contributed by atoms with Crippen molar-refractivity contribution >= 4 is 16.6 Å². The summed E-state index contributed by atoms with van der Waals surface area (Å²) in [7, 11) is 0. The van der Waals surface area contributed by atoms with Crippen molar-refractivity contribution in [3.8, 4) is 0 Å². The van der Waals surface area contributed by atoms with Crippen molar-refractivity contribution in [2.75, 3.05) is 18.5 Å². The van der Waals surface area contributed by atoms with E-state index in [1.54, 1.807) is 0 Å². The number of hydrogen-bond acceptors (Lipinski definition) is 3. The van der Waals surface area contributed by atoms with Crippen molar-refractivity contribution in [3.05, 3.63) is 36.5 Å². The van der Waals surface area contributed by atoms with E-state index in [0.717, 1.165) is 16.6 Å². The average molecular weight is 188 g/mol. The first-order valence-electron chi connectivity index (χ1n) is 4.59. The number of benzene rings is 1. The van der Waals surface area contributed by atoms with Gasteiger partial charge in [-0.3, -0.25) is 0 Å². The van der Waals surface area contributed by atoms with E-state index in [1.165, 1.54) is 0 Å². The van der Waals surface area contributed by atoms with E-state index in [2.05, 4.69) is 10.3 Å². The fraction of sp³-hybridized carbons (Fsp3) is 0.182. The molecule has 3 nitrogen and oxygen atoms in total. The Morgan fingerprint density at radius 1 is 1.21 bits per heavy atom. The van der Waals surface area contributed by atoms with E-state index < -0.39 is 0 Å². The minimum atomic E-state index is 0.120. The predicted molar refractivity (Wildman–Crippen MR) is 57.3 cm³/mol. The van der Waals surface area contributed by atoms with Gasteiger partial charge >= 0.3 is 0 Å². The second-order valence-electron chi connectivity index (χ2n) is 3.07. The molecule has 0 spiro atoms. The molecular weight excluding hydrogens is 176 g/mol. The first kappa shape index (κ1) is 8.97. The number of nitrogens with zero attached hydrogens (tertiary/aromatic N) is 1. The Morgan fingerprint density at radius 3 is 2.79 bits per heavy atom. The fourth-order valence-corrected chi connectivity index (χ4v) is 1.36. The highest BCUT2D eigenvalue weighted by Gasteiger charge is 1.95. The minimum absolute atomic E-state index is 0.120. The first-order valence-corrected chi connectivity index (χ1v) is 4.59. The number of hydrogen-bond donors (Lipinski definition) is 2. The number of fused-ring (bicyclic) bond motifs is 1. The lowest BCUT2D eigenvalue weighted by Gasteiger charge is -2.04. The van der Waals surface area contributed by atoms with Gasteiger partial charge in [0.2, 0.25) is 0 Å². The van der Waals surface area contributed by atoms with Gasteiger partial charge in [-0.25, -0.2) is 4.98 Å². The molecule has 2 rings (SSSR count). The Hall–Kier alpha value is -1.61. The summed E-state index contributed by atoms with van der Waals surface area (Å²) < 4.78 is 0. The maximum atomic E-state index is 8.65. The lowest BCUT2D eigenvalue weighted by atomic mass is 10.2. The molecule has 72 valence electrons. The minimum Gasteiger partial charge on any atom is -0.395 e. The van der Waals surface area contributed by atoms with Crippen LogP contribution in [0.5, 0.6) is 0 Å². The number of aliphatic hydroxyl groups is 1. The third-order valence-electron chi connectivity index (χ3n) is 2.05. The summed E-state index contributed by atoms with van der Waals surface area (Å²) in [5.41, 5.74) is 0. The first-order chi connectivity index (χ1) is 6.90. The molecule has 0 bridgehead atoms.